The Bertz CT molecular complexity index is 1050. The van der Waals surface area contributed by atoms with E-state index in [1.54, 1.807) is 0 Å². The third kappa shape index (κ3) is 6.06. The minimum atomic E-state index is -3.88. The van der Waals surface area contributed by atoms with Crippen molar-refractivity contribution in [3.05, 3.63) is 48.5 Å². The first kappa shape index (κ1) is 23.4. The molecule has 1 atom stereocenters. The second kappa shape index (κ2) is 9.77. The summed E-state index contributed by atoms with van der Waals surface area (Å²) < 4.78 is 17.2. The van der Waals surface area contributed by atoms with Crippen molar-refractivity contribution in [2.24, 2.45) is 5.92 Å². The maximum Gasteiger partial charge on any atom is 0.344 e. The number of nitrogens with one attached hydrogen (secondary N) is 3. The van der Waals surface area contributed by atoms with Crippen LogP contribution in [0.15, 0.2) is 21.7 Å². The van der Waals surface area contributed by atoms with E-state index in [2.05, 4.69) is 15.4 Å². The van der Waals surface area contributed by atoms with Crippen LogP contribution in [0.25, 0.3) is 11.0 Å². The van der Waals surface area contributed by atoms with Gasteiger partial charge in [0, 0.05) is 24.2 Å². The largest absolute Gasteiger partial charge is 0.344 e. The zero-order valence-corrected chi connectivity index (χ0v) is 18.0. The first-order valence-electron chi connectivity index (χ1n) is 8.92. The maximum absolute atomic E-state index is 12.3. The molecular formula is C16H22BrN4O7P. The predicted molar refractivity (Wildman–Crippen MR) is 111 cm³/mol. The minimum Gasteiger partial charge on any atom is -0.323 e. The number of non-ortho nitro benzene ring substituents is 1. The number of nitro groups is 1. The van der Waals surface area contributed by atoms with E-state index in [0.717, 1.165) is 38.2 Å². The van der Waals surface area contributed by atoms with Crippen LogP contribution in [0.3, 0.4) is 0 Å². The second-order valence-corrected chi connectivity index (χ2v) is 8.75. The molecule has 0 radical (unpaired) electrons. The molecule has 0 saturated heterocycles. The van der Waals surface area contributed by atoms with Gasteiger partial charge in [0.05, 0.1) is 22.1 Å². The quantitative estimate of drug-likeness (QED) is 0.198. The van der Waals surface area contributed by atoms with E-state index >= 15 is 0 Å². The fourth-order valence-electron chi connectivity index (χ4n) is 3.47. The highest BCUT2D eigenvalue weighted by Crippen LogP contribution is 2.45. The summed E-state index contributed by atoms with van der Waals surface area (Å²) in [6, 6.07) is 2.31. The average molecular weight is 493 g/mol. The van der Waals surface area contributed by atoms with Gasteiger partial charge in [-0.2, -0.15) is 5.48 Å². The molecule has 1 aliphatic carbocycles. The van der Waals surface area contributed by atoms with Crippen LogP contribution in [0, 0.1) is 16.0 Å². The van der Waals surface area contributed by atoms with Crippen molar-refractivity contribution in [1.82, 2.24) is 15.4 Å². The topological polar surface area (TPSA) is 167 Å². The highest BCUT2D eigenvalue weighted by atomic mass is 79.9. The van der Waals surface area contributed by atoms with E-state index in [1.807, 2.05) is 0 Å². The van der Waals surface area contributed by atoms with Gasteiger partial charge in [0.15, 0.2) is 0 Å². The van der Waals surface area contributed by atoms with E-state index in [9.17, 15) is 29.2 Å². The van der Waals surface area contributed by atoms with Gasteiger partial charge in [-0.3, -0.25) is 24.3 Å². The standard InChI is InChI=1S/C16H21N4O7P.BrH/c21-15-16(22)19-14-11(6-12(20(23)24)7-13(14)18-15)8-17-27-28(25,26)9-10-4-2-1-3-5-10;/h6-7,10,17H,1-5,8-9H2,(H,18,21)(H,19,22)(H,25,26);1H. The maximum atomic E-state index is 12.3. The van der Waals surface area contributed by atoms with Gasteiger partial charge in [0.25, 0.3) is 5.69 Å². The van der Waals surface area contributed by atoms with E-state index in [-0.39, 0.29) is 57.9 Å². The van der Waals surface area contributed by atoms with Crippen LogP contribution in [0.1, 0.15) is 37.7 Å². The lowest BCUT2D eigenvalue weighted by Gasteiger charge is -2.23. The lowest BCUT2D eigenvalue weighted by molar-refractivity contribution is -0.384. The molecule has 1 heterocycles. The number of benzene rings is 1. The number of fused-ring (bicyclic) bond motifs is 1. The molecule has 1 aromatic heterocycles. The second-order valence-electron chi connectivity index (χ2n) is 6.93. The first-order chi connectivity index (χ1) is 13.2. The molecule has 1 saturated carbocycles. The van der Waals surface area contributed by atoms with Crippen molar-refractivity contribution < 1.29 is 19.0 Å². The van der Waals surface area contributed by atoms with Gasteiger partial charge in [0.2, 0.25) is 0 Å². The summed E-state index contributed by atoms with van der Waals surface area (Å²) in [4.78, 5) is 48.2. The molecule has 3 rings (SSSR count). The Labute approximate surface area is 175 Å². The van der Waals surface area contributed by atoms with Gasteiger partial charge in [-0.15, -0.1) is 17.0 Å². The summed E-state index contributed by atoms with van der Waals surface area (Å²) in [5.41, 5.74) is 0.705. The Morgan fingerprint density at radius 2 is 1.86 bits per heavy atom. The lowest BCUT2D eigenvalue weighted by Crippen LogP contribution is -2.29. The Kier molecular flexibility index (Phi) is 7.89. The predicted octanol–water partition coefficient (Wildman–Crippen LogP) is 2.49. The fraction of sp³-hybridized carbons (Fsp3) is 0.500. The molecule has 0 aliphatic heterocycles. The number of aromatic nitrogens is 2. The molecule has 1 unspecified atom stereocenters. The van der Waals surface area contributed by atoms with Crippen LogP contribution in [0.4, 0.5) is 5.69 Å². The van der Waals surface area contributed by atoms with Crippen molar-refractivity contribution in [3.8, 4) is 0 Å². The number of hydrogen-bond donors (Lipinski definition) is 4. The van der Waals surface area contributed by atoms with Gasteiger partial charge in [-0.05, 0) is 18.8 Å². The summed E-state index contributed by atoms with van der Waals surface area (Å²) in [6.45, 7) is -0.185. The number of H-pyrrole nitrogens is 2. The number of hydrogen-bond acceptors (Lipinski definition) is 7. The molecule has 29 heavy (non-hydrogen) atoms. The molecule has 160 valence electrons. The fourth-order valence-corrected chi connectivity index (χ4v) is 4.83. The highest BCUT2D eigenvalue weighted by molar-refractivity contribution is 8.93. The van der Waals surface area contributed by atoms with Crippen molar-refractivity contribution in [1.29, 1.82) is 0 Å². The van der Waals surface area contributed by atoms with Gasteiger partial charge in [0.1, 0.15) is 0 Å². The van der Waals surface area contributed by atoms with Crippen molar-refractivity contribution in [2.75, 3.05) is 6.16 Å². The van der Waals surface area contributed by atoms with Gasteiger partial charge in [-0.1, -0.05) is 19.3 Å². The molecule has 11 nitrogen and oxygen atoms in total. The van der Waals surface area contributed by atoms with Crippen LogP contribution in [-0.4, -0.2) is 25.9 Å². The normalized spacial score (nSPS) is 16.9. The van der Waals surface area contributed by atoms with Crippen molar-refractivity contribution in [2.45, 2.75) is 38.6 Å². The molecule has 0 bridgehead atoms. The Hall–Kier alpha value is -1.85. The number of halogens is 1. The summed E-state index contributed by atoms with van der Waals surface area (Å²) in [5.74, 6) is 0.131. The van der Waals surface area contributed by atoms with Crippen molar-refractivity contribution in [3.63, 3.8) is 0 Å². The zero-order valence-electron chi connectivity index (χ0n) is 15.4. The van der Waals surface area contributed by atoms with Gasteiger partial charge < -0.3 is 14.9 Å². The smallest absolute Gasteiger partial charge is 0.323 e. The summed E-state index contributed by atoms with van der Waals surface area (Å²) in [5, 5.41) is 11.1. The third-order valence-electron chi connectivity index (χ3n) is 4.79. The summed E-state index contributed by atoms with van der Waals surface area (Å²) in [6.07, 6.45) is 5.01. The molecule has 1 fully saturated rings. The Balaban J connectivity index is 0.00000300. The molecule has 1 aliphatic rings. The third-order valence-corrected chi connectivity index (χ3v) is 6.18. The van der Waals surface area contributed by atoms with Crippen LogP contribution < -0.4 is 16.6 Å². The van der Waals surface area contributed by atoms with Crippen LogP contribution in [0.5, 0.6) is 0 Å². The molecule has 4 N–H and O–H groups in total. The van der Waals surface area contributed by atoms with E-state index in [4.69, 9.17) is 4.62 Å². The zero-order chi connectivity index (χ0) is 20.3. The van der Waals surface area contributed by atoms with Crippen LogP contribution >= 0.6 is 24.6 Å². The molecule has 1 aromatic carbocycles. The molecule has 0 amide bonds. The molecule has 0 spiro atoms. The SMILES string of the molecule is Br.O=c1[nH]c2cc([N+](=O)[O-])cc(CNOP(=O)(O)CC3CCCCC3)c2[nH]c1=O. The Morgan fingerprint density at radius 3 is 2.52 bits per heavy atom. The molecule has 13 heteroatoms. The Morgan fingerprint density at radius 1 is 1.21 bits per heavy atom. The molecule has 2 aromatic rings. The van der Waals surface area contributed by atoms with Crippen LogP contribution in [0.2, 0.25) is 0 Å². The summed E-state index contributed by atoms with van der Waals surface area (Å²) >= 11 is 0. The monoisotopic (exact) mass is 492 g/mol. The number of rotatable bonds is 7. The minimum absolute atomic E-state index is 0. The van der Waals surface area contributed by atoms with E-state index in [1.165, 1.54) is 6.07 Å². The van der Waals surface area contributed by atoms with E-state index < -0.39 is 23.6 Å². The van der Waals surface area contributed by atoms with Gasteiger partial charge in [-0.25, -0.2) is 4.62 Å². The highest BCUT2D eigenvalue weighted by Gasteiger charge is 2.27. The van der Waals surface area contributed by atoms with Crippen LogP contribution in [-0.2, 0) is 15.7 Å². The lowest BCUT2D eigenvalue weighted by atomic mass is 9.91. The molecular weight excluding hydrogens is 471 g/mol. The number of nitrogens with zero attached hydrogens (tertiary/aromatic N) is 1. The first-order valence-corrected chi connectivity index (χ1v) is 10.7. The average Bonchev–Trinajstić information content (AvgIpc) is 2.63. The number of hydroxylamine groups is 1. The van der Waals surface area contributed by atoms with Gasteiger partial charge >= 0.3 is 18.7 Å². The number of aromatic amines is 2. The summed E-state index contributed by atoms with van der Waals surface area (Å²) in [7, 11) is -3.88. The van der Waals surface area contributed by atoms with E-state index in [0.29, 0.717) is 0 Å². The number of nitro benzene ring substituents is 1. The van der Waals surface area contributed by atoms with Crippen molar-refractivity contribution >= 4 is 41.3 Å².